The zero-order chi connectivity index (χ0) is 16.2. The molecule has 2 aliphatic heterocycles. The lowest BCUT2D eigenvalue weighted by Gasteiger charge is -2.26. The highest BCUT2D eigenvalue weighted by atomic mass is 16.5. The Morgan fingerprint density at radius 1 is 1.08 bits per heavy atom. The van der Waals surface area contributed by atoms with Gasteiger partial charge >= 0.3 is 0 Å². The number of hydrogen-bond donors (Lipinski definition) is 1. The van der Waals surface area contributed by atoms with Gasteiger partial charge in [0.1, 0.15) is 6.10 Å². The largest absolute Gasteiger partial charge is 0.472 e. The van der Waals surface area contributed by atoms with Crippen LogP contribution in [0.4, 0.5) is 5.82 Å². The van der Waals surface area contributed by atoms with E-state index < -0.39 is 0 Å². The molecule has 0 unspecified atom stereocenters. The van der Waals surface area contributed by atoms with Crippen LogP contribution in [0.5, 0.6) is 5.88 Å². The van der Waals surface area contributed by atoms with E-state index in [9.17, 15) is 0 Å². The second kappa shape index (κ2) is 7.13. The third-order valence-corrected chi connectivity index (χ3v) is 4.67. The monoisotopic (exact) mass is 325 g/mol. The van der Waals surface area contributed by atoms with E-state index in [-0.39, 0.29) is 6.10 Å². The van der Waals surface area contributed by atoms with E-state index in [4.69, 9.17) is 14.7 Å². The maximum atomic E-state index is 6.29. The molecule has 0 amide bonds. The van der Waals surface area contributed by atoms with Crippen molar-refractivity contribution in [3.8, 4) is 17.1 Å². The Morgan fingerprint density at radius 3 is 2.58 bits per heavy atom. The van der Waals surface area contributed by atoms with Crippen LogP contribution in [0.1, 0.15) is 25.7 Å². The zero-order valence-electron chi connectivity index (χ0n) is 13.8. The van der Waals surface area contributed by atoms with Crippen LogP contribution in [0, 0.1) is 0 Å². The minimum atomic E-state index is 0.217. The first-order valence-electron chi connectivity index (χ1n) is 8.80. The van der Waals surface area contributed by atoms with Crippen LogP contribution in [0.25, 0.3) is 11.3 Å². The fourth-order valence-electron chi connectivity index (χ4n) is 3.32. The maximum Gasteiger partial charge on any atom is 0.258 e. The molecule has 0 bridgehead atoms. The van der Waals surface area contributed by atoms with Crippen LogP contribution in [0.15, 0.2) is 30.7 Å². The number of aromatic nitrogens is 3. The van der Waals surface area contributed by atoms with Crippen molar-refractivity contribution in [3.05, 3.63) is 30.7 Å². The van der Waals surface area contributed by atoms with E-state index in [1.165, 1.54) is 12.8 Å². The number of nitrogens with zero attached hydrogens (tertiary/aromatic N) is 4. The second-order valence-electron chi connectivity index (χ2n) is 6.38. The van der Waals surface area contributed by atoms with Gasteiger partial charge in [0, 0.05) is 31.0 Å². The number of hydrogen-bond acceptors (Lipinski definition) is 6. The van der Waals surface area contributed by atoms with E-state index in [0.717, 1.165) is 56.1 Å². The highest BCUT2D eigenvalue weighted by Crippen LogP contribution is 2.31. The lowest BCUT2D eigenvalue weighted by molar-refractivity contribution is 0.156. The minimum Gasteiger partial charge on any atom is -0.472 e. The van der Waals surface area contributed by atoms with Crippen LogP contribution < -0.4 is 15.0 Å². The normalized spacial score (nSPS) is 18.8. The van der Waals surface area contributed by atoms with E-state index >= 15 is 0 Å². The second-order valence-corrected chi connectivity index (χ2v) is 6.38. The van der Waals surface area contributed by atoms with Crippen molar-refractivity contribution in [3.63, 3.8) is 0 Å². The molecule has 0 aromatic carbocycles. The molecule has 0 saturated carbocycles. The summed E-state index contributed by atoms with van der Waals surface area (Å²) in [4.78, 5) is 15.9. The molecule has 2 aromatic heterocycles. The van der Waals surface area contributed by atoms with Gasteiger partial charge in [0.2, 0.25) is 0 Å². The third kappa shape index (κ3) is 3.33. The molecule has 2 aliphatic rings. The van der Waals surface area contributed by atoms with Crippen molar-refractivity contribution in [2.45, 2.75) is 31.8 Å². The van der Waals surface area contributed by atoms with Crippen molar-refractivity contribution in [1.29, 1.82) is 0 Å². The first kappa shape index (κ1) is 15.3. The van der Waals surface area contributed by atoms with Gasteiger partial charge in [0.25, 0.3) is 5.88 Å². The summed E-state index contributed by atoms with van der Waals surface area (Å²) in [7, 11) is 0. The summed E-state index contributed by atoms with van der Waals surface area (Å²) in [6.45, 7) is 4.07. The van der Waals surface area contributed by atoms with Crippen LogP contribution >= 0.6 is 0 Å². The molecule has 6 heteroatoms. The van der Waals surface area contributed by atoms with Crippen molar-refractivity contribution in [2.75, 3.05) is 31.1 Å². The summed E-state index contributed by atoms with van der Waals surface area (Å²) in [5, 5.41) is 3.37. The predicted octanol–water partition coefficient (Wildman–Crippen LogP) is 2.27. The molecule has 126 valence electrons. The van der Waals surface area contributed by atoms with E-state index in [1.807, 2.05) is 18.3 Å². The van der Waals surface area contributed by atoms with Crippen LogP contribution in [-0.2, 0) is 0 Å². The van der Waals surface area contributed by atoms with Gasteiger partial charge in [-0.2, -0.15) is 0 Å². The molecule has 4 heterocycles. The standard InChI is InChI=1S/C18H23N5O/c1-2-12-23(11-1)17-18(24-15-5-9-20-10-6-15)22-16(13-21-17)14-3-7-19-8-4-14/h3-4,7-8,13,15,20H,1-2,5-6,9-12H2. The molecule has 1 N–H and O–H groups in total. The molecule has 4 rings (SSSR count). The molecule has 6 nitrogen and oxygen atoms in total. The smallest absolute Gasteiger partial charge is 0.258 e. The Hall–Kier alpha value is -2.21. The summed E-state index contributed by atoms with van der Waals surface area (Å²) in [6, 6.07) is 3.90. The van der Waals surface area contributed by atoms with Crippen molar-refractivity contribution in [2.24, 2.45) is 0 Å². The van der Waals surface area contributed by atoms with E-state index in [0.29, 0.717) is 5.88 Å². The number of anilines is 1. The quantitative estimate of drug-likeness (QED) is 0.930. The highest BCUT2D eigenvalue weighted by molar-refractivity contribution is 5.61. The Morgan fingerprint density at radius 2 is 1.83 bits per heavy atom. The Kier molecular flexibility index (Phi) is 4.55. The van der Waals surface area contributed by atoms with Crippen molar-refractivity contribution in [1.82, 2.24) is 20.3 Å². The van der Waals surface area contributed by atoms with E-state index in [1.54, 1.807) is 12.4 Å². The summed E-state index contributed by atoms with van der Waals surface area (Å²) >= 11 is 0. The summed E-state index contributed by atoms with van der Waals surface area (Å²) in [5.74, 6) is 1.57. The van der Waals surface area contributed by atoms with Gasteiger partial charge in [-0.05, 0) is 50.9 Å². The van der Waals surface area contributed by atoms with Gasteiger partial charge in [0.05, 0.1) is 11.9 Å². The van der Waals surface area contributed by atoms with Gasteiger partial charge in [-0.25, -0.2) is 9.97 Å². The van der Waals surface area contributed by atoms with Gasteiger partial charge in [-0.1, -0.05) is 0 Å². The van der Waals surface area contributed by atoms with Crippen LogP contribution in [0.2, 0.25) is 0 Å². The van der Waals surface area contributed by atoms with Crippen LogP contribution in [0.3, 0.4) is 0 Å². The first-order valence-corrected chi connectivity index (χ1v) is 8.80. The Labute approximate surface area is 142 Å². The topological polar surface area (TPSA) is 63.2 Å². The lowest BCUT2D eigenvalue weighted by atomic mass is 10.1. The third-order valence-electron chi connectivity index (χ3n) is 4.67. The molecular formula is C18H23N5O. The molecule has 2 saturated heterocycles. The van der Waals surface area contributed by atoms with Crippen molar-refractivity contribution < 1.29 is 4.74 Å². The maximum absolute atomic E-state index is 6.29. The Balaban J connectivity index is 1.65. The number of rotatable bonds is 4. The Bertz CT molecular complexity index is 666. The van der Waals surface area contributed by atoms with Gasteiger partial charge < -0.3 is 15.0 Å². The molecule has 2 aromatic rings. The summed E-state index contributed by atoms with van der Waals surface area (Å²) in [5.41, 5.74) is 1.85. The molecular weight excluding hydrogens is 302 g/mol. The molecule has 24 heavy (non-hydrogen) atoms. The number of piperidine rings is 1. The average molecular weight is 325 g/mol. The minimum absolute atomic E-state index is 0.217. The molecule has 2 fully saturated rings. The fraction of sp³-hybridized carbons (Fsp3) is 0.500. The highest BCUT2D eigenvalue weighted by Gasteiger charge is 2.23. The summed E-state index contributed by atoms with van der Waals surface area (Å²) in [6.07, 6.45) is 10.1. The number of ether oxygens (including phenoxy) is 1. The zero-order valence-corrected chi connectivity index (χ0v) is 13.8. The van der Waals surface area contributed by atoms with Gasteiger partial charge in [-0.15, -0.1) is 0 Å². The van der Waals surface area contributed by atoms with Gasteiger partial charge in [0.15, 0.2) is 5.82 Å². The van der Waals surface area contributed by atoms with Crippen molar-refractivity contribution >= 4 is 5.82 Å². The summed E-state index contributed by atoms with van der Waals surface area (Å²) < 4.78 is 6.29. The van der Waals surface area contributed by atoms with Crippen LogP contribution in [-0.4, -0.2) is 47.2 Å². The SMILES string of the molecule is c1cc(-c2cnc(N3CCCC3)c(OC3CCNCC3)n2)ccn1. The molecule has 0 spiro atoms. The fourth-order valence-corrected chi connectivity index (χ4v) is 3.32. The predicted molar refractivity (Wildman–Crippen MR) is 93.2 cm³/mol. The van der Waals surface area contributed by atoms with E-state index in [2.05, 4.69) is 15.2 Å². The number of pyridine rings is 1. The average Bonchev–Trinajstić information content (AvgIpc) is 3.18. The van der Waals surface area contributed by atoms with Gasteiger partial charge in [-0.3, -0.25) is 4.98 Å². The lowest BCUT2D eigenvalue weighted by Crippen LogP contribution is -2.34. The molecule has 0 radical (unpaired) electrons. The molecule has 0 atom stereocenters. The number of nitrogens with one attached hydrogen (secondary N) is 1. The molecule has 0 aliphatic carbocycles. The first-order chi connectivity index (χ1) is 11.9.